The number of nitrogens with zero attached hydrogens (tertiary/aromatic N) is 1. The summed E-state index contributed by atoms with van der Waals surface area (Å²) in [5, 5.41) is 6.47. The predicted octanol–water partition coefficient (Wildman–Crippen LogP) is 2.35. The van der Waals surface area contributed by atoms with Crippen LogP contribution in [0.4, 0.5) is 0 Å². The fraction of sp³-hybridized carbons (Fsp3) is 0.667. The van der Waals surface area contributed by atoms with Crippen LogP contribution in [0.3, 0.4) is 0 Å². The molecule has 1 heterocycles. The van der Waals surface area contributed by atoms with Crippen LogP contribution in [-0.4, -0.2) is 30.6 Å². The van der Waals surface area contributed by atoms with Gasteiger partial charge in [-0.05, 0) is 12.8 Å². The summed E-state index contributed by atoms with van der Waals surface area (Å²) >= 11 is 5.57. The molecule has 0 aliphatic heterocycles. The van der Waals surface area contributed by atoms with Crippen LogP contribution in [0.25, 0.3) is 0 Å². The van der Waals surface area contributed by atoms with Crippen molar-refractivity contribution in [2.24, 2.45) is 0 Å². The van der Waals surface area contributed by atoms with E-state index in [1.165, 1.54) is 0 Å². The summed E-state index contributed by atoms with van der Waals surface area (Å²) in [5.41, 5.74) is 0.294. The van der Waals surface area contributed by atoms with Crippen molar-refractivity contribution in [1.29, 1.82) is 0 Å². The molecule has 0 atom stereocenters. The number of nitrogens with one attached hydrogen (secondary N) is 1. The molecule has 1 N–H and O–H groups in total. The zero-order valence-corrected chi connectivity index (χ0v) is 11.3. The Morgan fingerprint density at radius 1 is 1.44 bits per heavy atom. The van der Waals surface area contributed by atoms with Crippen molar-refractivity contribution in [3.8, 4) is 0 Å². The summed E-state index contributed by atoms with van der Waals surface area (Å²) in [6, 6.07) is 1.59. The van der Waals surface area contributed by atoms with Gasteiger partial charge in [0.05, 0.1) is 0 Å². The SMILES string of the molecule is COCc1cc(C(=O)NCCCCCCCl)no1. The Balaban J connectivity index is 2.19. The van der Waals surface area contributed by atoms with Crippen LogP contribution in [0.1, 0.15) is 41.9 Å². The number of rotatable bonds is 9. The Kier molecular flexibility index (Phi) is 7.44. The third kappa shape index (κ3) is 5.51. The zero-order chi connectivity index (χ0) is 13.2. The standard InChI is InChI=1S/C12H19ClN2O3/c1-17-9-10-8-11(15-18-10)12(16)14-7-5-3-2-4-6-13/h8H,2-7,9H2,1H3,(H,14,16). The number of unbranched alkanes of at least 4 members (excludes halogenated alkanes) is 3. The monoisotopic (exact) mass is 274 g/mol. The van der Waals surface area contributed by atoms with E-state index in [1.54, 1.807) is 13.2 Å². The number of carbonyl (C=O) groups excluding carboxylic acids is 1. The highest BCUT2D eigenvalue weighted by Crippen LogP contribution is 2.05. The van der Waals surface area contributed by atoms with E-state index < -0.39 is 0 Å². The Hall–Kier alpha value is -1.07. The average Bonchev–Trinajstić information content (AvgIpc) is 2.82. The second kappa shape index (κ2) is 8.94. The summed E-state index contributed by atoms with van der Waals surface area (Å²) in [4.78, 5) is 11.7. The molecule has 0 radical (unpaired) electrons. The van der Waals surface area contributed by atoms with Crippen molar-refractivity contribution in [3.05, 3.63) is 17.5 Å². The lowest BCUT2D eigenvalue weighted by Crippen LogP contribution is -2.24. The maximum Gasteiger partial charge on any atom is 0.273 e. The second-order valence-electron chi connectivity index (χ2n) is 3.97. The quantitative estimate of drug-likeness (QED) is 0.555. The third-order valence-electron chi connectivity index (χ3n) is 2.42. The number of alkyl halides is 1. The van der Waals surface area contributed by atoms with Gasteiger partial charge in [-0.1, -0.05) is 18.0 Å². The lowest BCUT2D eigenvalue weighted by atomic mass is 10.2. The van der Waals surface area contributed by atoms with E-state index in [-0.39, 0.29) is 5.91 Å². The maximum atomic E-state index is 11.7. The molecule has 0 saturated heterocycles. The van der Waals surface area contributed by atoms with Crippen LogP contribution >= 0.6 is 11.6 Å². The zero-order valence-electron chi connectivity index (χ0n) is 10.6. The van der Waals surface area contributed by atoms with Gasteiger partial charge in [0, 0.05) is 25.6 Å². The van der Waals surface area contributed by atoms with Crippen LogP contribution in [0, 0.1) is 0 Å². The highest BCUT2D eigenvalue weighted by molar-refractivity contribution is 6.17. The summed E-state index contributed by atoms with van der Waals surface area (Å²) in [6.07, 6.45) is 4.15. The average molecular weight is 275 g/mol. The van der Waals surface area contributed by atoms with E-state index in [4.69, 9.17) is 20.9 Å². The van der Waals surface area contributed by atoms with E-state index in [9.17, 15) is 4.79 Å². The molecule has 1 aromatic heterocycles. The van der Waals surface area contributed by atoms with Crippen molar-refractivity contribution in [2.75, 3.05) is 19.5 Å². The van der Waals surface area contributed by atoms with Gasteiger partial charge in [0.15, 0.2) is 11.5 Å². The summed E-state index contributed by atoms with van der Waals surface area (Å²) in [6.45, 7) is 0.965. The van der Waals surface area contributed by atoms with Gasteiger partial charge in [-0.3, -0.25) is 4.79 Å². The van der Waals surface area contributed by atoms with Gasteiger partial charge in [0.1, 0.15) is 6.61 Å². The van der Waals surface area contributed by atoms with E-state index in [2.05, 4.69) is 10.5 Å². The lowest BCUT2D eigenvalue weighted by molar-refractivity contribution is 0.0943. The van der Waals surface area contributed by atoms with Crippen molar-refractivity contribution in [1.82, 2.24) is 10.5 Å². The van der Waals surface area contributed by atoms with Crippen LogP contribution in [0.15, 0.2) is 10.6 Å². The Morgan fingerprint density at radius 3 is 2.94 bits per heavy atom. The highest BCUT2D eigenvalue weighted by atomic mass is 35.5. The highest BCUT2D eigenvalue weighted by Gasteiger charge is 2.11. The summed E-state index contributed by atoms with van der Waals surface area (Å²) in [7, 11) is 1.56. The van der Waals surface area contributed by atoms with Crippen LogP contribution in [0.2, 0.25) is 0 Å². The van der Waals surface area contributed by atoms with Gasteiger partial charge < -0.3 is 14.6 Å². The van der Waals surface area contributed by atoms with Gasteiger partial charge in [-0.25, -0.2) is 0 Å². The van der Waals surface area contributed by atoms with Crippen LogP contribution in [0.5, 0.6) is 0 Å². The minimum atomic E-state index is -0.210. The number of aromatic nitrogens is 1. The molecule has 0 saturated carbocycles. The molecule has 1 aromatic rings. The first kappa shape index (κ1) is 15.0. The molecular weight excluding hydrogens is 256 g/mol. The van der Waals surface area contributed by atoms with Gasteiger partial charge >= 0.3 is 0 Å². The molecule has 0 spiro atoms. The molecule has 6 heteroatoms. The Labute approximate surface area is 112 Å². The van der Waals surface area contributed by atoms with Crippen LogP contribution in [-0.2, 0) is 11.3 Å². The van der Waals surface area contributed by atoms with E-state index in [0.29, 0.717) is 30.5 Å². The fourth-order valence-corrected chi connectivity index (χ4v) is 1.68. The molecule has 0 aromatic carbocycles. The first-order valence-corrected chi connectivity index (χ1v) is 6.60. The van der Waals surface area contributed by atoms with Gasteiger partial charge in [-0.15, -0.1) is 11.6 Å². The van der Waals surface area contributed by atoms with Crippen LogP contribution < -0.4 is 5.32 Å². The maximum absolute atomic E-state index is 11.7. The smallest absolute Gasteiger partial charge is 0.273 e. The number of halogens is 1. The lowest BCUT2D eigenvalue weighted by Gasteiger charge is -2.02. The van der Waals surface area contributed by atoms with Gasteiger partial charge in [0.25, 0.3) is 5.91 Å². The topological polar surface area (TPSA) is 64.4 Å². The molecule has 0 fully saturated rings. The molecule has 0 unspecified atom stereocenters. The minimum Gasteiger partial charge on any atom is -0.377 e. The number of methoxy groups -OCH3 is 1. The predicted molar refractivity (Wildman–Crippen MR) is 68.7 cm³/mol. The Bertz CT molecular complexity index is 355. The largest absolute Gasteiger partial charge is 0.377 e. The normalized spacial score (nSPS) is 10.6. The van der Waals surface area contributed by atoms with Crippen molar-refractivity contribution >= 4 is 17.5 Å². The molecule has 102 valence electrons. The molecule has 1 rings (SSSR count). The van der Waals surface area contributed by atoms with Crippen molar-refractivity contribution < 1.29 is 14.1 Å². The molecule has 5 nitrogen and oxygen atoms in total. The summed E-state index contributed by atoms with van der Waals surface area (Å²) in [5.74, 6) is 1.04. The number of ether oxygens (including phenoxy) is 1. The number of hydrogen-bond acceptors (Lipinski definition) is 4. The molecule has 1 amide bonds. The fourth-order valence-electron chi connectivity index (χ4n) is 1.50. The third-order valence-corrected chi connectivity index (χ3v) is 2.69. The molecule has 0 aliphatic rings. The van der Waals surface area contributed by atoms with Gasteiger partial charge in [-0.2, -0.15) is 0 Å². The van der Waals surface area contributed by atoms with E-state index >= 15 is 0 Å². The van der Waals surface area contributed by atoms with Gasteiger partial charge in [0.2, 0.25) is 0 Å². The molecular formula is C12H19ClN2O3. The number of carbonyl (C=O) groups is 1. The van der Waals surface area contributed by atoms with E-state index in [0.717, 1.165) is 25.7 Å². The molecule has 0 aliphatic carbocycles. The second-order valence-corrected chi connectivity index (χ2v) is 4.35. The number of hydrogen-bond donors (Lipinski definition) is 1. The molecule has 18 heavy (non-hydrogen) atoms. The van der Waals surface area contributed by atoms with Crippen molar-refractivity contribution in [2.45, 2.75) is 32.3 Å². The first-order valence-electron chi connectivity index (χ1n) is 6.06. The minimum absolute atomic E-state index is 0.210. The summed E-state index contributed by atoms with van der Waals surface area (Å²) < 4.78 is 9.82. The van der Waals surface area contributed by atoms with Crippen molar-refractivity contribution in [3.63, 3.8) is 0 Å². The van der Waals surface area contributed by atoms with E-state index in [1.807, 2.05) is 0 Å². The first-order chi connectivity index (χ1) is 8.77. The Morgan fingerprint density at radius 2 is 2.22 bits per heavy atom. The number of amides is 1. The molecule has 0 bridgehead atoms.